The Bertz CT molecular complexity index is 3490. The summed E-state index contributed by atoms with van der Waals surface area (Å²) in [4.78, 5) is 173. The maximum Gasteiger partial charge on any atom is 0.408 e. The van der Waals surface area contributed by atoms with Crippen molar-refractivity contribution in [3.05, 3.63) is 82.3 Å². The number of likely N-dealkylation sites (tertiary alicyclic amines) is 1. The third-order valence-electron chi connectivity index (χ3n) is 21.2. The fraction of sp³-hybridized carbons (Fsp3) is 0.682. The number of aliphatic hydroxyl groups is 1. The summed E-state index contributed by atoms with van der Waals surface area (Å²) >= 11 is 1.53. The van der Waals surface area contributed by atoms with E-state index in [0.717, 1.165) is 17.0 Å². The van der Waals surface area contributed by atoms with Gasteiger partial charge in [0.15, 0.2) is 17.3 Å². The number of urea groups is 1. The number of nitrogens with zero attached hydrogens (tertiary/aromatic N) is 3. The molecule has 9 N–H and O–H groups in total. The Morgan fingerprint density at radius 3 is 1.95 bits per heavy atom. The number of benzene rings is 2. The molecule has 628 valence electrons. The van der Waals surface area contributed by atoms with Crippen LogP contribution in [0.3, 0.4) is 0 Å². The van der Waals surface area contributed by atoms with Crippen LogP contribution in [0.2, 0.25) is 0 Å². The zero-order valence-corrected chi connectivity index (χ0v) is 70.2. The molecule has 1 saturated heterocycles. The molecule has 1 aliphatic heterocycles. The van der Waals surface area contributed by atoms with E-state index in [-0.39, 0.29) is 156 Å². The molecule has 1 aliphatic rings. The first-order valence-electron chi connectivity index (χ1n) is 39.7. The predicted molar refractivity (Wildman–Crippen MR) is 437 cm³/mol. The SMILES string of the molecule is C.CC[C@H](C)[C@@H]([C@@H](CC(=O)N1CCC[C@H]1[C@H](OC)[C@@H](C)C(=O)C[C@@H](Cc1ccccc1)c1nccs1)OC)N(C)C(=O)[C@@H](CC(=O)C(C)(C)NC(=O)OCc1ccc(NC(=O)[C@H](CCCNC(N)=O)CC(=O)[C@@H](NC(=O)[C@H](CCCCNC(=O)CC[C@@H](NC(C)(C)C)C(=O)C(C)(C)C)CC(=O)CCO)C(C)C)cc1)C(C)C. The van der Waals surface area contributed by atoms with Crippen LogP contribution in [-0.4, -0.2) is 185 Å². The number of primary amides is 1. The van der Waals surface area contributed by atoms with Crippen molar-refractivity contribution in [3.63, 3.8) is 0 Å². The molecule has 12 atom stereocenters. The minimum atomic E-state index is -1.50. The molecule has 1 fully saturated rings. The molecular formula is C85H136N10O16S. The number of ether oxygens (including phenoxy) is 3. The van der Waals surface area contributed by atoms with Crippen molar-refractivity contribution in [3.8, 4) is 0 Å². The van der Waals surface area contributed by atoms with Crippen molar-refractivity contribution in [2.45, 2.75) is 280 Å². The first-order valence-corrected chi connectivity index (χ1v) is 40.6. The molecule has 4 rings (SSSR count). The fourth-order valence-electron chi connectivity index (χ4n) is 14.5. The number of methoxy groups -OCH3 is 2. The van der Waals surface area contributed by atoms with Crippen molar-refractivity contribution in [2.24, 2.45) is 52.6 Å². The number of aromatic nitrogens is 1. The second-order valence-corrected chi connectivity index (χ2v) is 34.3. The molecule has 0 unspecified atom stereocenters. The third-order valence-corrected chi connectivity index (χ3v) is 22.1. The number of carbonyl (C=O) groups is 12. The number of nitrogens with one attached hydrogen (secondary N) is 6. The number of hydrogen-bond donors (Lipinski definition) is 8. The van der Waals surface area contributed by atoms with Crippen LogP contribution in [0.5, 0.6) is 0 Å². The molecule has 8 amide bonds. The lowest BCUT2D eigenvalue weighted by atomic mass is 9.83. The number of likely N-dealkylation sites (N-methyl/N-ethyl adjacent to an activating group) is 1. The van der Waals surface area contributed by atoms with E-state index in [9.17, 15) is 62.6 Å². The van der Waals surface area contributed by atoms with Crippen molar-refractivity contribution < 1.29 is 76.9 Å². The number of ketones is 5. The molecule has 3 aromatic rings. The average Bonchev–Trinajstić information content (AvgIpc) is 1.19. The van der Waals surface area contributed by atoms with Gasteiger partial charge in [0.25, 0.3) is 0 Å². The molecule has 0 radical (unpaired) electrons. The van der Waals surface area contributed by atoms with Gasteiger partial charge in [0.1, 0.15) is 18.2 Å². The number of aliphatic hydroxyl groups excluding tert-OH is 1. The van der Waals surface area contributed by atoms with Gasteiger partial charge in [-0.1, -0.05) is 132 Å². The van der Waals surface area contributed by atoms with Crippen molar-refractivity contribution in [1.82, 2.24) is 41.4 Å². The number of Topliss-reactive ketones (excluding diaryl/α,β-unsaturated/α-hetero) is 5. The lowest BCUT2D eigenvalue weighted by Crippen LogP contribution is -2.55. The van der Waals surface area contributed by atoms with Gasteiger partial charge in [-0.15, -0.1) is 11.3 Å². The largest absolute Gasteiger partial charge is 0.445 e. The summed E-state index contributed by atoms with van der Waals surface area (Å²) in [7, 11) is 4.79. The number of carbonyl (C=O) groups excluding carboxylic acids is 12. The number of hydrogen-bond acceptors (Lipinski definition) is 19. The second-order valence-electron chi connectivity index (χ2n) is 33.4. The van der Waals surface area contributed by atoms with Gasteiger partial charge in [0, 0.05) is 144 Å². The van der Waals surface area contributed by atoms with Gasteiger partial charge in [0.05, 0.1) is 53.3 Å². The van der Waals surface area contributed by atoms with Crippen LogP contribution in [0.25, 0.3) is 0 Å². The quantitative estimate of drug-likeness (QED) is 0.0243. The van der Waals surface area contributed by atoms with Crippen molar-refractivity contribution in [2.75, 3.05) is 52.8 Å². The number of unbranched alkanes of at least 4 members (excludes halogenated alkanes) is 1. The Morgan fingerprint density at radius 1 is 0.732 bits per heavy atom. The van der Waals surface area contributed by atoms with E-state index in [4.69, 9.17) is 19.9 Å². The van der Waals surface area contributed by atoms with Crippen molar-refractivity contribution in [1.29, 1.82) is 0 Å². The first kappa shape index (κ1) is 98.3. The van der Waals surface area contributed by atoms with E-state index in [1.807, 2.05) is 117 Å². The minimum absolute atomic E-state index is 0. The molecule has 0 spiro atoms. The van der Waals surface area contributed by atoms with E-state index in [1.54, 1.807) is 63.4 Å². The summed E-state index contributed by atoms with van der Waals surface area (Å²) in [6.07, 6.45) is 3.47. The number of nitrogens with two attached hydrogens (primary N) is 1. The van der Waals surface area contributed by atoms with E-state index in [2.05, 4.69) is 36.9 Å². The molecule has 0 saturated carbocycles. The molecule has 2 heterocycles. The van der Waals surface area contributed by atoms with Gasteiger partial charge in [-0.05, 0) is 127 Å². The molecular weight excluding hydrogens is 1450 g/mol. The lowest BCUT2D eigenvalue weighted by molar-refractivity contribution is -0.149. The number of alkyl carbamates (subject to hydrolysis) is 1. The van der Waals surface area contributed by atoms with Gasteiger partial charge in [-0.25, -0.2) is 14.6 Å². The van der Waals surface area contributed by atoms with Crippen LogP contribution >= 0.6 is 11.3 Å². The molecule has 1 aromatic heterocycles. The molecule has 27 heteroatoms. The zero-order valence-electron chi connectivity index (χ0n) is 69.4. The Kier molecular flexibility index (Phi) is 41.9. The molecule has 112 heavy (non-hydrogen) atoms. The van der Waals surface area contributed by atoms with Crippen LogP contribution < -0.4 is 37.6 Å². The molecule has 2 aromatic carbocycles. The molecule has 0 aliphatic carbocycles. The van der Waals surface area contributed by atoms with Gasteiger partial charge in [0.2, 0.25) is 29.5 Å². The van der Waals surface area contributed by atoms with Crippen LogP contribution in [0.4, 0.5) is 15.3 Å². The summed E-state index contributed by atoms with van der Waals surface area (Å²) in [5, 5.41) is 29.5. The summed E-state index contributed by atoms with van der Waals surface area (Å²) < 4.78 is 17.9. The van der Waals surface area contributed by atoms with Crippen LogP contribution in [0.1, 0.15) is 236 Å². The number of anilines is 1. The summed E-state index contributed by atoms with van der Waals surface area (Å²) in [6.45, 7) is 27.8. The minimum Gasteiger partial charge on any atom is -0.445 e. The maximum absolute atomic E-state index is 14.9. The Morgan fingerprint density at radius 2 is 1.38 bits per heavy atom. The van der Waals surface area contributed by atoms with Crippen molar-refractivity contribution >= 4 is 87.6 Å². The number of thiazole rings is 1. The fourth-order valence-corrected chi connectivity index (χ4v) is 15.3. The summed E-state index contributed by atoms with van der Waals surface area (Å²) in [5.74, 6) is -7.21. The second kappa shape index (κ2) is 47.7. The average molecular weight is 1590 g/mol. The predicted octanol–water partition coefficient (Wildman–Crippen LogP) is 11.4. The Hall–Kier alpha value is -7.85. The standard InChI is InChI=1S/C84H132N10O16S.CH4/c1-19-54(6)73(68(108-17)50-71(101)94-42-26-31-65(94)74(109-18)55(7)66(97)48-60(78-87-41-44-111-78)45-56-27-21-20-22-28-56)93(16)79(105)63(52(2)3)49-69(99)84(14,15)92-81(107)110-51-57-32-34-61(35-33-57)89-76(103)59(30-25-40-88-80(85)106)47-67(98)72(53(4)5)90-77(104)58(46-62(96)38-43-95)29-23-24-39-86-70(100)37-36-64(91-83(11,12)13)75(102)82(8,9)10;/h20-22,27-28,32-35,41,44,52-55,58-60,63-65,68,72-74,91,95H,19,23-26,29-31,36-40,42-43,45-51H2,1-18H3,(H,86,100)(H,89,103)(H,90,104)(H,92,107)(H3,85,88,106);1H4/t54-,55-,58+,59+,60+,63-,64+,65-,68+,72-,73-,74+;/m0./s1. The monoisotopic (exact) mass is 1580 g/mol. The van der Waals surface area contributed by atoms with E-state index in [1.165, 1.54) is 32.3 Å². The van der Waals surface area contributed by atoms with Crippen LogP contribution in [0, 0.1) is 46.8 Å². The highest BCUT2D eigenvalue weighted by Gasteiger charge is 2.45. The lowest BCUT2D eigenvalue weighted by Gasteiger charge is -2.41. The van der Waals surface area contributed by atoms with Gasteiger partial charge in [-0.2, -0.15) is 0 Å². The number of amides is 8. The van der Waals surface area contributed by atoms with Crippen LogP contribution in [0.15, 0.2) is 66.2 Å². The zero-order chi connectivity index (χ0) is 83.1. The normalized spacial score (nSPS) is 16.2. The summed E-state index contributed by atoms with van der Waals surface area (Å²) in [6, 6.07) is 13.1. The third kappa shape index (κ3) is 32.6. The molecule has 26 nitrogen and oxygen atoms in total. The Labute approximate surface area is 670 Å². The topological polar surface area (TPSA) is 370 Å². The van der Waals surface area contributed by atoms with Gasteiger partial charge >= 0.3 is 12.1 Å². The summed E-state index contributed by atoms with van der Waals surface area (Å²) in [5.41, 5.74) is 4.82. The van der Waals surface area contributed by atoms with Gasteiger partial charge in [-0.3, -0.25) is 47.9 Å². The van der Waals surface area contributed by atoms with E-state index in [0.29, 0.717) is 56.3 Å². The first-order chi connectivity index (χ1) is 52.2. The van der Waals surface area contributed by atoms with Gasteiger partial charge < -0.3 is 66.8 Å². The van der Waals surface area contributed by atoms with E-state index < -0.39 is 113 Å². The van der Waals surface area contributed by atoms with Crippen LogP contribution in [-0.2, 0) is 75.2 Å². The highest BCUT2D eigenvalue weighted by molar-refractivity contribution is 7.09. The molecule has 0 bridgehead atoms. The maximum atomic E-state index is 14.9. The van der Waals surface area contributed by atoms with E-state index >= 15 is 0 Å². The Balaban J connectivity index is 0.0000325. The highest BCUT2D eigenvalue weighted by atomic mass is 32.1. The highest BCUT2D eigenvalue weighted by Crippen LogP contribution is 2.35. The number of rotatable bonds is 50. The smallest absolute Gasteiger partial charge is 0.408 e.